The number of rotatable bonds is 2. The molecule has 0 aliphatic carbocycles. The molecule has 0 saturated carbocycles. The number of alkyl halides is 1. The van der Waals surface area contributed by atoms with Crippen LogP contribution in [0.1, 0.15) is 37.0 Å². The first-order chi connectivity index (χ1) is 9.58. The van der Waals surface area contributed by atoms with Gasteiger partial charge in [-0.3, -0.25) is 4.79 Å². The molecule has 1 aliphatic heterocycles. The van der Waals surface area contributed by atoms with Gasteiger partial charge in [-0.2, -0.15) is 0 Å². The summed E-state index contributed by atoms with van der Waals surface area (Å²) in [5.74, 6) is 1.10. The summed E-state index contributed by atoms with van der Waals surface area (Å²) in [7, 11) is 1.86. The van der Waals surface area contributed by atoms with Crippen LogP contribution >= 0.6 is 11.6 Å². The fraction of sp³-hybridized carbons (Fsp3) is 0.467. The van der Waals surface area contributed by atoms with Gasteiger partial charge < -0.3 is 9.47 Å². The maximum Gasteiger partial charge on any atom is 0.222 e. The summed E-state index contributed by atoms with van der Waals surface area (Å²) in [6.45, 7) is 2.66. The minimum atomic E-state index is -0.148. The summed E-state index contributed by atoms with van der Waals surface area (Å²) in [6.07, 6.45) is 1.43. The second-order valence-corrected chi connectivity index (χ2v) is 6.07. The van der Waals surface area contributed by atoms with E-state index >= 15 is 0 Å². The van der Waals surface area contributed by atoms with E-state index in [1.165, 1.54) is 0 Å². The quantitative estimate of drug-likeness (QED) is 0.797. The molecule has 3 rings (SSSR count). The van der Waals surface area contributed by atoms with Gasteiger partial charge in [-0.15, -0.1) is 11.6 Å². The van der Waals surface area contributed by atoms with Crippen LogP contribution in [0, 0.1) is 0 Å². The van der Waals surface area contributed by atoms with Crippen molar-refractivity contribution in [2.75, 3.05) is 13.6 Å². The van der Waals surface area contributed by atoms with E-state index in [1.807, 2.05) is 32.2 Å². The number of piperidine rings is 1. The Bertz CT molecular complexity index is 650. The van der Waals surface area contributed by atoms with Gasteiger partial charge in [0, 0.05) is 20.0 Å². The van der Waals surface area contributed by atoms with E-state index in [1.54, 1.807) is 4.90 Å². The zero-order chi connectivity index (χ0) is 14.3. The van der Waals surface area contributed by atoms with E-state index in [2.05, 4.69) is 15.6 Å². The van der Waals surface area contributed by atoms with Crippen LogP contribution in [0.2, 0.25) is 0 Å². The molecule has 0 N–H and O–H groups in total. The molecule has 2 aromatic rings. The number of fused-ring (bicyclic) bond motifs is 1. The summed E-state index contributed by atoms with van der Waals surface area (Å²) >= 11 is 6.30. The van der Waals surface area contributed by atoms with Gasteiger partial charge in [0.1, 0.15) is 5.82 Å². The molecule has 0 bridgehead atoms. The number of hydrogen-bond acceptors (Lipinski definition) is 2. The molecular formula is C15H18ClN3O. The molecule has 1 amide bonds. The normalized spacial score (nSPS) is 21.4. The summed E-state index contributed by atoms with van der Waals surface area (Å²) < 4.78 is 2.22. The number of imidazole rings is 1. The summed E-state index contributed by atoms with van der Waals surface area (Å²) in [5, 5.41) is -0.148. The van der Waals surface area contributed by atoms with Crippen LogP contribution < -0.4 is 0 Å². The largest absolute Gasteiger partial charge is 0.344 e. The van der Waals surface area contributed by atoms with Gasteiger partial charge in [-0.25, -0.2) is 4.98 Å². The fourth-order valence-corrected chi connectivity index (χ4v) is 3.08. The van der Waals surface area contributed by atoms with Crippen molar-refractivity contribution in [3.05, 3.63) is 30.1 Å². The second kappa shape index (κ2) is 5.09. The lowest BCUT2D eigenvalue weighted by atomic mass is 10.0. The van der Waals surface area contributed by atoms with Crippen molar-refractivity contribution in [1.29, 1.82) is 0 Å². The highest BCUT2D eigenvalue weighted by molar-refractivity contribution is 6.20. The number of para-hydroxylation sites is 2. The first-order valence-corrected chi connectivity index (χ1v) is 7.36. The third kappa shape index (κ3) is 2.18. The molecule has 1 fully saturated rings. The van der Waals surface area contributed by atoms with Gasteiger partial charge in [0.05, 0.1) is 22.5 Å². The third-order valence-electron chi connectivity index (χ3n) is 3.95. The van der Waals surface area contributed by atoms with E-state index in [9.17, 15) is 4.79 Å². The van der Waals surface area contributed by atoms with E-state index in [-0.39, 0.29) is 17.3 Å². The molecule has 106 valence electrons. The molecule has 1 aromatic heterocycles. The topological polar surface area (TPSA) is 38.1 Å². The van der Waals surface area contributed by atoms with Crippen LogP contribution in [0.25, 0.3) is 11.0 Å². The van der Waals surface area contributed by atoms with Gasteiger partial charge >= 0.3 is 0 Å². The van der Waals surface area contributed by atoms with Crippen molar-refractivity contribution in [2.45, 2.75) is 31.2 Å². The van der Waals surface area contributed by atoms with Crippen molar-refractivity contribution in [1.82, 2.24) is 14.5 Å². The molecule has 2 atom stereocenters. The lowest BCUT2D eigenvalue weighted by Gasteiger charge is -2.32. The number of amides is 1. The lowest BCUT2D eigenvalue weighted by Crippen LogP contribution is -2.38. The molecule has 1 aromatic carbocycles. The monoisotopic (exact) mass is 291 g/mol. The Labute approximate surface area is 123 Å². The zero-order valence-corrected chi connectivity index (χ0v) is 12.5. The van der Waals surface area contributed by atoms with Crippen LogP contribution in [0.15, 0.2) is 24.3 Å². The molecule has 1 aliphatic rings. The van der Waals surface area contributed by atoms with Gasteiger partial charge in [-0.05, 0) is 25.5 Å². The molecule has 2 unspecified atom stereocenters. The van der Waals surface area contributed by atoms with Gasteiger partial charge in [0.15, 0.2) is 0 Å². The van der Waals surface area contributed by atoms with Crippen LogP contribution in [0.4, 0.5) is 0 Å². The average molecular weight is 292 g/mol. The van der Waals surface area contributed by atoms with Gasteiger partial charge in [0.2, 0.25) is 5.91 Å². The fourth-order valence-electron chi connectivity index (χ4n) is 2.93. The van der Waals surface area contributed by atoms with Gasteiger partial charge in [-0.1, -0.05) is 12.1 Å². The third-order valence-corrected chi connectivity index (χ3v) is 4.14. The number of halogens is 1. The Morgan fingerprint density at radius 2 is 2.15 bits per heavy atom. The van der Waals surface area contributed by atoms with E-state index < -0.39 is 0 Å². The molecule has 1 saturated heterocycles. The number of carbonyl (C=O) groups excluding carboxylic acids is 1. The molecule has 0 radical (unpaired) electrons. The Balaban J connectivity index is 2.09. The number of likely N-dealkylation sites (tertiary alicyclic amines) is 1. The highest BCUT2D eigenvalue weighted by atomic mass is 35.5. The minimum absolute atomic E-state index is 0.148. The highest BCUT2D eigenvalue weighted by Crippen LogP contribution is 2.32. The average Bonchev–Trinajstić information content (AvgIpc) is 2.81. The second-order valence-electron chi connectivity index (χ2n) is 5.41. The number of aromatic nitrogens is 2. The molecule has 2 heterocycles. The Morgan fingerprint density at radius 3 is 2.85 bits per heavy atom. The highest BCUT2D eigenvalue weighted by Gasteiger charge is 2.28. The van der Waals surface area contributed by atoms with Crippen LogP contribution in [0.3, 0.4) is 0 Å². The van der Waals surface area contributed by atoms with Crippen molar-refractivity contribution in [3.8, 4) is 0 Å². The molecule has 0 spiro atoms. The predicted octanol–water partition coefficient (Wildman–Crippen LogP) is 3.13. The van der Waals surface area contributed by atoms with Crippen LogP contribution in [0.5, 0.6) is 0 Å². The SMILES string of the molecule is CC(Cl)c1nc2ccccc2n1C1CCC(=O)N(C)C1. The smallest absolute Gasteiger partial charge is 0.222 e. The molecular weight excluding hydrogens is 274 g/mol. The maximum atomic E-state index is 11.7. The van der Waals surface area contributed by atoms with E-state index in [0.717, 1.165) is 29.8 Å². The molecule has 4 nitrogen and oxygen atoms in total. The lowest BCUT2D eigenvalue weighted by molar-refractivity contribution is -0.132. The number of likely N-dealkylation sites (N-methyl/N-ethyl adjacent to an activating group) is 1. The Hall–Kier alpha value is -1.55. The summed E-state index contributed by atoms with van der Waals surface area (Å²) in [4.78, 5) is 18.1. The Morgan fingerprint density at radius 1 is 1.40 bits per heavy atom. The predicted molar refractivity (Wildman–Crippen MR) is 79.9 cm³/mol. The Kier molecular flexibility index (Phi) is 3.42. The van der Waals surface area contributed by atoms with Gasteiger partial charge in [0.25, 0.3) is 0 Å². The van der Waals surface area contributed by atoms with Crippen molar-refractivity contribution in [2.24, 2.45) is 0 Å². The van der Waals surface area contributed by atoms with Crippen molar-refractivity contribution >= 4 is 28.5 Å². The maximum absolute atomic E-state index is 11.7. The van der Waals surface area contributed by atoms with Crippen molar-refractivity contribution in [3.63, 3.8) is 0 Å². The molecule has 5 heteroatoms. The standard InChI is InChI=1S/C15H18ClN3O/c1-10(16)15-17-12-5-3-4-6-13(12)19(15)11-7-8-14(20)18(2)9-11/h3-6,10-11H,7-9H2,1-2H3. The summed E-state index contributed by atoms with van der Waals surface area (Å²) in [6, 6.07) is 8.33. The molecule has 20 heavy (non-hydrogen) atoms. The number of nitrogens with zero attached hydrogens (tertiary/aromatic N) is 3. The number of benzene rings is 1. The van der Waals surface area contributed by atoms with Crippen LogP contribution in [-0.2, 0) is 4.79 Å². The van der Waals surface area contributed by atoms with E-state index in [4.69, 9.17) is 11.6 Å². The first kappa shape index (κ1) is 13.4. The number of hydrogen-bond donors (Lipinski definition) is 0. The zero-order valence-electron chi connectivity index (χ0n) is 11.7. The van der Waals surface area contributed by atoms with E-state index in [0.29, 0.717) is 6.42 Å². The summed E-state index contributed by atoms with van der Waals surface area (Å²) in [5.41, 5.74) is 2.07. The van der Waals surface area contributed by atoms with Crippen LogP contribution in [-0.4, -0.2) is 34.0 Å². The first-order valence-electron chi connectivity index (χ1n) is 6.93. The number of carbonyl (C=O) groups is 1. The van der Waals surface area contributed by atoms with Crippen molar-refractivity contribution < 1.29 is 4.79 Å². The minimum Gasteiger partial charge on any atom is -0.344 e.